The summed E-state index contributed by atoms with van der Waals surface area (Å²) in [5.74, 6) is -0.0438. The molecule has 0 saturated carbocycles. The molecule has 138 valence electrons. The molecule has 0 amide bonds. The molecule has 0 unspecified atom stereocenters. The summed E-state index contributed by atoms with van der Waals surface area (Å²) < 4.78 is 0. The van der Waals surface area contributed by atoms with E-state index in [1.165, 1.54) is 17.3 Å². The van der Waals surface area contributed by atoms with Crippen molar-refractivity contribution in [3.8, 4) is 11.5 Å². The summed E-state index contributed by atoms with van der Waals surface area (Å²) in [5.41, 5.74) is 1.20. The molecule has 0 bridgehead atoms. The fraction of sp³-hybridized carbons (Fsp3) is 0.167. The number of hydrogen-bond donors (Lipinski definition) is 0. The van der Waals surface area contributed by atoms with Crippen molar-refractivity contribution in [1.29, 1.82) is 0 Å². The Morgan fingerprint density at radius 3 is 1.58 bits per heavy atom. The van der Waals surface area contributed by atoms with E-state index < -0.39 is 0 Å². The fourth-order valence-corrected chi connectivity index (χ4v) is 1.75. The molecule has 0 aliphatic heterocycles. The van der Waals surface area contributed by atoms with Gasteiger partial charge in [0.2, 0.25) is 0 Å². The third kappa shape index (κ3) is 10.5. The largest absolute Gasteiger partial charge is 3.00 e. The Bertz CT molecular complexity index is 678. The van der Waals surface area contributed by atoms with Crippen molar-refractivity contribution in [2.45, 2.75) is 6.42 Å². The van der Waals surface area contributed by atoms with Crippen LogP contribution < -0.4 is 10.2 Å². The van der Waals surface area contributed by atoms with Gasteiger partial charge in [0.15, 0.2) is 0 Å². The molecule has 0 fully saturated rings. The third-order valence-electron chi connectivity index (χ3n) is 2.87. The number of rotatable bonds is 6. The molecule has 2 rings (SSSR count). The fourth-order valence-electron chi connectivity index (χ4n) is 1.75. The van der Waals surface area contributed by atoms with Gasteiger partial charge in [-0.2, -0.15) is 5.16 Å². The van der Waals surface area contributed by atoms with E-state index in [9.17, 15) is 10.2 Å². The molecule has 26 heavy (non-hydrogen) atoms. The summed E-state index contributed by atoms with van der Waals surface area (Å²) in [6.07, 6.45) is 3.97. The maximum atomic E-state index is 11.4. The number of nitrogens with zero attached hydrogens (tertiary/aromatic N) is 3. The van der Waals surface area contributed by atoms with Crippen LogP contribution in [0.4, 0.5) is 0 Å². The normalized spacial score (nSPS) is 9.54. The molecule has 0 spiro atoms. The predicted octanol–water partition coefficient (Wildman–Crippen LogP) is 1.50. The second kappa shape index (κ2) is 16.1. The molecule has 6 nitrogen and oxygen atoms in total. The third-order valence-corrected chi connectivity index (χ3v) is 2.87. The van der Waals surface area contributed by atoms with Gasteiger partial charge in [-0.15, -0.1) is 11.5 Å². The standard InChI is InChI=1S/C17H18N2O2.CNS.Co.H2O/c20-16-8-3-1-6-14(16)12-18-10-5-11-19-13-15-7-2-4-9-17(15)21;2-1-3;;/h1-4,6-9,12-13,20-21H,5,10-11H2;;;1H2/q;-1;+3;/p-1. The van der Waals surface area contributed by atoms with Gasteiger partial charge in [-0.3, -0.25) is 9.98 Å². The summed E-state index contributed by atoms with van der Waals surface area (Å²) in [6, 6.07) is 13.6. The zero-order valence-corrected chi connectivity index (χ0v) is 15.7. The van der Waals surface area contributed by atoms with E-state index in [0.717, 1.165) is 6.42 Å². The van der Waals surface area contributed by atoms with Crippen molar-refractivity contribution < 1.29 is 32.5 Å². The average molecular weight is 416 g/mol. The number of aliphatic imine (C=N–C) groups is 2. The Labute approximate surface area is 168 Å². The summed E-state index contributed by atoms with van der Waals surface area (Å²) in [5, 5.41) is 31.3. The van der Waals surface area contributed by atoms with E-state index in [0.29, 0.717) is 24.2 Å². The van der Waals surface area contributed by atoms with Crippen LogP contribution in [0.1, 0.15) is 17.5 Å². The number of para-hydroxylation sites is 2. The molecule has 0 aliphatic rings. The number of isothiocyanates is 1. The molecule has 0 heterocycles. The average Bonchev–Trinajstić information content (AvgIpc) is 2.58. The summed E-state index contributed by atoms with van der Waals surface area (Å²) >= 11 is 3.70. The maximum Gasteiger partial charge on any atom is 3.00 e. The minimum Gasteiger partial charge on any atom is -0.872 e. The Morgan fingerprint density at radius 1 is 0.885 bits per heavy atom. The molecule has 0 aliphatic carbocycles. The van der Waals surface area contributed by atoms with E-state index in [2.05, 4.69) is 22.2 Å². The van der Waals surface area contributed by atoms with E-state index in [1.807, 2.05) is 12.1 Å². The first-order valence-corrected chi connectivity index (χ1v) is 7.63. The van der Waals surface area contributed by atoms with Gasteiger partial charge in [0, 0.05) is 25.5 Å². The van der Waals surface area contributed by atoms with E-state index >= 15 is 0 Å². The molecule has 2 aromatic carbocycles. The van der Waals surface area contributed by atoms with Crippen LogP contribution in [-0.2, 0) is 22.3 Å². The van der Waals surface area contributed by atoms with Crippen LogP contribution in [-0.4, -0.2) is 30.7 Å². The molecular weight excluding hydrogens is 397 g/mol. The molecule has 3 N–H and O–H groups in total. The van der Waals surface area contributed by atoms with E-state index in [-0.39, 0.29) is 33.8 Å². The summed E-state index contributed by atoms with van der Waals surface area (Å²) in [7, 11) is 0. The van der Waals surface area contributed by atoms with Crippen LogP contribution in [0, 0.1) is 0 Å². The monoisotopic (exact) mass is 416 g/mol. The van der Waals surface area contributed by atoms with Crippen LogP contribution in [0.5, 0.6) is 11.5 Å². The summed E-state index contributed by atoms with van der Waals surface area (Å²) in [6.45, 7) is 1.20. The minimum atomic E-state index is -0.0219. The van der Waals surface area contributed by atoms with Crippen LogP contribution in [0.2, 0.25) is 0 Å². The van der Waals surface area contributed by atoms with Crippen molar-refractivity contribution in [3.63, 3.8) is 0 Å². The molecule has 0 saturated heterocycles. The first kappa shape index (κ1) is 25.9. The first-order chi connectivity index (χ1) is 11.7. The SMILES string of the molecule is [Co+3].[N-]=C=S.[O-]c1ccccc1C=NCCCN=Cc1ccccc1[O-].[OH3+]. The number of thiocarbonyl (C=S) groups is 1. The minimum absolute atomic E-state index is 0. The zero-order valence-electron chi connectivity index (χ0n) is 13.9. The van der Waals surface area contributed by atoms with Gasteiger partial charge in [-0.1, -0.05) is 60.7 Å². The topological polar surface area (TPSA) is 126 Å². The van der Waals surface area contributed by atoms with Crippen molar-refractivity contribution in [3.05, 3.63) is 65.1 Å². The number of hydrogen-bond acceptors (Lipinski definition) is 5. The first-order valence-electron chi connectivity index (χ1n) is 7.22. The predicted molar refractivity (Wildman–Crippen MR) is 102 cm³/mol. The maximum absolute atomic E-state index is 11.4. The van der Waals surface area contributed by atoms with Gasteiger partial charge in [-0.05, 0) is 17.5 Å². The van der Waals surface area contributed by atoms with Gasteiger partial charge in [-0.25, -0.2) is 0 Å². The van der Waals surface area contributed by atoms with Crippen molar-refractivity contribution in [1.82, 2.24) is 0 Å². The van der Waals surface area contributed by atoms with Crippen molar-refractivity contribution >= 4 is 29.8 Å². The van der Waals surface area contributed by atoms with Crippen LogP contribution >= 0.6 is 12.2 Å². The van der Waals surface area contributed by atoms with E-state index in [1.54, 1.807) is 36.7 Å². The Kier molecular flexibility index (Phi) is 16.1. The molecule has 0 aromatic heterocycles. The van der Waals surface area contributed by atoms with Crippen LogP contribution in [0.25, 0.3) is 5.41 Å². The molecule has 2 aromatic rings. The van der Waals surface area contributed by atoms with Crippen molar-refractivity contribution in [2.75, 3.05) is 13.1 Å². The van der Waals surface area contributed by atoms with Gasteiger partial charge < -0.3 is 21.1 Å². The Balaban J connectivity index is 0. The second-order valence-electron chi connectivity index (χ2n) is 4.59. The van der Waals surface area contributed by atoms with Crippen LogP contribution in [0.3, 0.4) is 0 Å². The molecule has 8 heteroatoms. The smallest absolute Gasteiger partial charge is 0.872 e. The van der Waals surface area contributed by atoms with Crippen LogP contribution in [0.15, 0.2) is 58.5 Å². The molecule has 0 radical (unpaired) electrons. The number of benzene rings is 2. The second-order valence-corrected chi connectivity index (χ2v) is 4.77. The zero-order chi connectivity index (χ0) is 17.6. The van der Waals surface area contributed by atoms with Gasteiger partial charge in [0.1, 0.15) is 0 Å². The Hall–Kier alpha value is -2.35. The van der Waals surface area contributed by atoms with Gasteiger partial charge in [0.25, 0.3) is 0 Å². The van der Waals surface area contributed by atoms with Gasteiger partial charge >= 0.3 is 16.8 Å². The van der Waals surface area contributed by atoms with Gasteiger partial charge in [0.05, 0.1) is 0 Å². The van der Waals surface area contributed by atoms with E-state index in [4.69, 9.17) is 5.41 Å². The quantitative estimate of drug-likeness (QED) is 0.306. The van der Waals surface area contributed by atoms with Crippen molar-refractivity contribution in [2.24, 2.45) is 9.98 Å². The Morgan fingerprint density at radius 2 is 1.23 bits per heavy atom. The molecule has 0 atom stereocenters. The molecular formula is C18H19CoN3O3S+. The summed E-state index contributed by atoms with van der Waals surface area (Å²) in [4.78, 5) is 8.41.